The molecular weight excluding hydrogens is 383 g/mol. The molecule has 1 unspecified atom stereocenters. The van der Waals surface area contributed by atoms with E-state index in [-0.39, 0.29) is 36.1 Å². The molecule has 1 atom stereocenters. The van der Waals surface area contributed by atoms with Crippen molar-refractivity contribution in [3.63, 3.8) is 0 Å². The Kier molecular flexibility index (Phi) is 5.93. The van der Waals surface area contributed by atoms with E-state index in [1.54, 1.807) is 18.1 Å². The average molecular weight is 408 g/mol. The number of benzene rings is 1. The lowest BCUT2D eigenvalue weighted by Gasteiger charge is -2.35. The summed E-state index contributed by atoms with van der Waals surface area (Å²) in [5.41, 5.74) is 1.60. The van der Waals surface area contributed by atoms with Gasteiger partial charge < -0.3 is 9.64 Å². The summed E-state index contributed by atoms with van der Waals surface area (Å²) < 4.78 is 18.5. The minimum Gasteiger partial charge on any atom is -0.497 e. The molecule has 1 aromatic rings. The molecule has 0 bridgehead atoms. The van der Waals surface area contributed by atoms with E-state index in [1.165, 1.54) is 24.3 Å². The minimum absolute atomic E-state index is 0.0669. The molecule has 1 aliphatic heterocycles. The summed E-state index contributed by atoms with van der Waals surface area (Å²) in [4.78, 5) is 32.0. The Morgan fingerprint density at radius 2 is 1.93 bits per heavy atom. The molecule has 30 heavy (non-hydrogen) atoms. The fraction of sp³-hybridized carbons (Fsp3) is 0.375. The minimum atomic E-state index is -0.379. The first-order chi connectivity index (χ1) is 14.5. The number of halogens is 1. The molecule has 4 rings (SSSR count). The van der Waals surface area contributed by atoms with Crippen LogP contribution in [0, 0.1) is 11.7 Å². The number of hydrogen-bond donors (Lipinski definition) is 0. The summed E-state index contributed by atoms with van der Waals surface area (Å²) in [5, 5.41) is 0. The molecule has 156 valence electrons. The van der Waals surface area contributed by atoms with Gasteiger partial charge in [0.05, 0.1) is 19.4 Å². The number of carbonyl (C=O) groups excluding carboxylic acids is 2. The smallest absolute Gasteiger partial charge is 0.274 e. The maximum absolute atomic E-state index is 13.3. The lowest BCUT2D eigenvalue weighted by atomic mass is 9.90. The van der Waals surface area contributed by atoms with Gasteiger partial charge in [0.2, 0.25) is 0 Å². The highest BCUT2D eigenvalue weighted by Crippen LogP contribution is 2.28. The number of hydrogen-bond acceptors (Lipinski definition) is 3. The number of carbonyl (C=O) groups is 2. The van der Waals surface area contributed by atoms with E-state index in [0.29, 0.717) is 22.6 Å². The van der Waals surface area contributed by atoms with Crippen molar-refractivity contribution >= 4 is 17.5 Å². The van der Waals surface area contributed by atoms with E-state index < -0.39 is 0 Å². The van der Waals surface area contributed by atoms with Crippen LogP contribution in [0.4, 0.5) is 4.39 Å². The molecular formula is C24H25FN2O3. The molecule has 0 radical (unpaired) electrons. The Hall–Kier alpha value is -3.02. The monoisotopic (exact) mass is 408 g/mol. The summed E-state index contributed by atoms with van der Waals surface area (Å²) in [6.07, 6.45) is 12.5. The quantitative estimate of drug-likeness (QED) is 0.733. The van der Waals surface area contributed by atoms with Crippen molar-refractivity contribution in [2.45, 2.75) is 38.1 Å². The number of methoxy groups -OCH3 is 1. The Labute approximate surface area is 175 Å². The predicted octanol–water partition coefficient (Wildman–Crippen LogP) is 4.22. The van der Waals surface area contributed by atoms with Crippen LogP contribution in [0.3, 0.4) is 0 Å². The lowest BCUT2D eigenvalue weighted by molar-refractivity contribution is -0.114. The Morgan fingerprint density at radius 3 is 2.63 bits per heavy atom. The fourth-order valence-corrected chi connectivity index (χ4v) is 4.26. The highest BCUT2D eigenvalue weighted by molar-refractivity contribution is 6.13. The molecule has 3 aliphatic rings. The Balaban J connectivity index is 1.59. The second-order valence-electron chi connectivity index (χ2n) is 7.90. The third kappa shape index (κ3) is 4.27. The van der Waals surface area contributed by atoms with Crippen molar-refractivity contribution in [3.8, 4) is 0 Å². The lowest BCUT2D eigenvalue weighted by Crippen LogP contribution is -2.43. The van der Waals surface area contributed by atoms with Gasteiger partial charge in [-0.2, -0.15) is 0 Å². The standard InChI is InChI=1S/C24H25FN2O3/c1-30-21-12-9-17-13-18(23(28)26-22(17)14-21)15-27(20-5-3-2-4-6-20)24(29)16-7-10-19(25)11-8-16/h7-14,17,20H,2-6,15H2,1H3. The zero-order valence-electron chi connectivity index (χ0n) is 17.0. The first kappa shape index (κ1) is 20.3. The Bertz CT molecular complexity index is 953. The van der Waals surface area contributed by atoms with Crippen molar-refractivity contribution < 1.29 is 18.7 Å². The van der Waals surface area contributed by atoms with Gasteiger partial charge in [0, 0.05) is 29.2 Å². The van der Waals surface area contributed by atoms with Crippen LogP contribution in [0.15, 0.2) is 64.9 Å². The molecule has 0 aromatic heterocycles. The third-order valence-electron chi connectivity index (χ3n) is 5.93. The van der Waals surface area contributed by atoms with Crippen molar-refractivity contribution in [1.82, 2.24) is 4.90 Å². The highest BCUT2D eigenvalue weighted by atomic mass is 19.1. The van der Waals surface area contributed by atoms with Crippen LogP contribution >= 0.6 is 0 Å². The van der Waals surface area contributed by atoms with Crippen LogP contribution in [0.1, 0.15) is 42.5 Å². The third-order valence-corrected chi connectivity index (χ3v) is 5.93. The summed E-state index contributed by atoms with van der Waals surface area (Å²) in [7, 11) is 1.58. The van der Waals surface area contributed by atoms with Crippen molar-refractivity contribution in [1.29, 1.82) is 0 Å². The molecule has 2 aliphatic carbocycles. The van der Waals surface area contributed by atoms with Gasteiger partial charge in [0.25, 0.3) is 11.8 Å². The SMILES string of the molecule is COC1=CC2=NC(=O)C(CN(C(=O)c3ccc(F)cc3)C3CCCCC3)=CC2C=C1. The van der Waals surface area contributed by atoms with Gasteiger partial charge in [-0.1, -0.05) is 31.4 Å². The van der Waals surface area contributed by atoms with E-state index in [0.717, 1.165) is 32.1 Å². The van der Waals surface area contributed by atoms with E-state index in [4.69, 9.17) is 4.74 Å². The molecule has 5 nitrogen and oxygen atoms in total. The normalized spacial score (nSPS) is 21.3. The van der Waals surface area contributed by atoms with E-state index in [2.05, 4.69) is 4.99 Å². The fourth-order valence-electron chi connectivity index (χ4n) is 4.26. The van der Waals surface area contributed by atoms with Gasteiger partial charge in [0.15, 0.2) is 0 Å². The molecule has 1 heterocycles. The van der Waals surface area contributed by atoms with Crippen LogP contribution in [-0.2, 0) is 9.53 Å². The molecule has 0 saturated heterocycles. The number of amides is 2. The van der Waals surface area contributed by atoms with Crippen LogP contribution in [-0.4, -0.2) is 42.1 Å². The van der Waals surface area contributed by atoms with Crippen LogP contribution in [0.25, 0.3) is 0 Å². The number of allylic oxidation sites excluding steroid dienone is 4. The first-order valence-electron chi connectivity index (χ1n) is 10.4. The van der Waals surface area contributed by atoms with Gasteiger partial charge >= 0.3 is 0 Å². The van der Waals surface area contributed by atoms with Crippen LogP contribution in [0.5, 0.6) is 0 Å². The molecule has 0 spiro atoms. The zero-order valence-corrected chi connectivity index (χ0v) is 17.0. The number of ether oxygens (including phenoxy) is 1. The Morgan fingerprint density at radius 1 is 1.20 bits per heavy atom. The summed E-state index contributed by atoms with van der Waals surface area (Å²) >= 11 is 0. The van der Waals surface area contributed by atoms with Gasteiger partial charge in [-0.05, 0) is 43.2 Å². The summed E-state index contributed by atoms with van der Waals surface area (Å²) in [6.45, 7) is 0.210. The van der Waals surface area contributed by atoms with Gasteiger partial charge in [-0.3, -0.25) is 9.59 Å². The van der Waals surface area contributed by atoms with Gasteiger partial charge in [0.1, 0.15) is 11.6 Å². The van der Waals surface area contributed by atoms with E-state index in [9.17, 15) is 14.0 Å². The number of fused-ring (bicyclic) bond motifs is 1. The largest absolute Gasteiger partial charge is 0.497 e. The molecule has 1 aromatic carbocycles. The van der Waals surface area contributed by atoms with E-state index in [1.807, 2.05) is 18.2 Å². The maximum Gasteiger partial charge on any atom is 0.274 e. The number of dihydropyridines is 1. The van der Waals surface area contributed by atoms with E-state index >= 15 is 0 Å². The number of aliphatic imine (C=N–C) groups is 1. The topological polar surface area (TPSA) is 59.0 Å². The predicted molar refractivity (Wildman–Crippen MR) is 113 cm³/mol. The molecule has 6 heteroatoms. The van der Waals surface area contributed by atoms with Crippen molar-refractivity contribution in [2.24, 2.45) is 10.9 Å². The second-order valence-corrected chi connectivity index (χ2v) is 7.90. The molecule has 2 amide bonds. The van der Waals surface area contributed by atoms with Crippen molar-refractivity contribution in [2.75, 3.05) is 13.7 Å². The first-order valence-corrected chi connectivity index (χ1v) is 10.4. The number of nitrogens with zero attached hydrogens (tertiary/aromatic N) is 2. The number of rotatable bonds is 5. The maximum atomic E-state index is 13.3. The van der Waals surface area contributed by atoms with Gasteiger partial charge in [-0.15, -0.1) is 0 Å². The highest BCUT2D eigenvalue weighted by Gasteiger charge is 2.31. The van der Waals surface area contributed by atoms with Crippen LogP contribution < -0.4 is 0 Å². The van der Waals surface area contributed by atoms with Gasteiger partial charge in [-0.25, -0.2) is 9.38 Å². The van der Waals surface area contributed by atoms with Crippen molar-refractivity contribution in [3.05, 3.63) is 71.3 Å². The average Bonchev–Trinajstić information content (AvgIpc) is 2.78. The molecule has 0 N–H and O–H groups in total. The molecule has 1 saturated carbocycles. The second kappa shape index (κ2) is 8.78. The van der Waals surface area contributed by atoms with Crippen LogP contribution in [0.2, 0.25) is 0 Å². The summed E-state index contributed by atoms with van der Waals surface area (Å²) in [6, 6.07) is 5.65. The zero-order chi connectivity index (χ0) is 21.1. The summed E-state index contributed by atoms with van der Waals surface area (Å²) in [5.74, 6) is -0.326. The molecule has 1 fully saturated rings.